The summed E-state index contributed by atoms with van der Waals surface area (Å²) in [5, 5.41) is 3.07. The second-order valence-corrected chi connectivity index (χ2v) is 4.33. The summed E-state index contributed by atoms with van der Waals surface area (Å²) in [6.07, 6.45) is 1.76. The highest BCUT2D eigenvalue weighted by atomic mass is 16.2. The van der Waals surface area contributed by atoms with Gasteiger partial charge in [-0.05, 0) is 20.3 Å². The van der Waals surface area contributed by atoms with E-state index in [1.807, 2.05) is 0 Å². The molecule has 0 aliphatic carbocycles. The van der Waals surface area contributed by atoms with Gasteiger partial charge >= 0.3 is 0 Å². The van der Waals surface area contributed by atoms with Crippen LogP contribution < -0.4 is 5.32 Å². The summed E-state index contributed by atoms with van der Waals surface area (Å²) in [6, 6.07) is 0.619. The Balaban J connectivity index is 1.91. The Hall–Kier alpha value is -0.570. The van der Waals surface area contributed by atoms with Crippen LogP contribution in [0.15, 0.2) is 0 Å². The molecular weight excluding hydrogens is 152 g/mol. The van der Waals surface area contributed by atoms with Gasteiger partial charge in [-0.15, -0.1) is 0 Å². The van der Waals surface area contributed by atoms with Crippen molar-refractivity contribution in [2.45, 2.75) is 38.3 Å². The molecule has 1 N–H and O–H groups in total. The normalized spacial score (nSPS) is 27.8. The molecule has 2 aliphatic heterocycles. The van der Waals surface area contributed by atoms with Crippen molar-refractivity contribution in [3.63, 3.8) is 0 Å². The first kappa shape index (κ1) is 8.05. The number of rotatable bonds is 1. The van der Waals surface area contributed by atoms with E-state index in [-0.39, 0.29) is 11.4 Å². The molecule has 0 saturated carbocycles. The number of carbonyl (C=O) groups excluding carboxylic acids is 1. The van der Waals surface area contributed by atoms with Crippen LogP contribution in [0, 0.1) is 0 Å². The van der Waals surface area contributed by atoms with Crippen molar-refractivity contribution in [3.8, 4) is 0 Å². The number of nitrogens with one attached hydrogen (secondary N) is 1. The van der Waals surface area contributed by atoms with E-state index in [1.165, 1.54) is 0 Å². The molecular formula is C9H16N2O. The standard InChI is InChI=1S/C9H16N2O/c1-7(2)11-5-9(6-11)4-3-8(12)10-9/h7H,3-6H2,1-2H3,(H,10,12). The van der Waals surface area contributed by atoms with E-state index in [9.17, 15) is 4.79 Å². The Morgan fingerprint density at radius 3 is 2.58 bits per heavy atom. The molecule has 2 aliphatic rings. The van der Waals surface area contributed by atoms with Crippen molar-refractivity contribution in [3.05, 3.63) is 0 Å². The molecule has 3 nitrogen and oxygen atoms in total. The first-order valence-corrected chi connectivity index (χ1v) is 4.66. The number of hydrogen-bond donors (Lipinski definition) is 1. The number of nitrogens with zero attached hydrogens (tertiary/aromatic N) is 1. The smallest absolute Gasteiger partial charge is 0.220 e. The third-order valence-corrected chi connectivity index (χ3v) is 2.98. The minimum Gasteiger partial charge on any atom is -0.348 e. The molecule has 2 rings (SSSR count). The topological polar surface area (TPSA) is 32.3 Å². The monoisotopic (exact) mass is 168 g/mol. The van der Waals surface area contributed by atoms with Gasteiger partial charge in [0.1, 0.15) is 0 Å². The minimum absolute atomic E-state index is 0.168. The zero-order valence-electron chi connectivity index (χ0n) is 7.76. The van der Waals surface area contributed by atoms with Crippen LogP contribution in [0.3, 0.4) is 0 Å². The summed E-state index contributed by atoms with van der Waals surface area (Å²) in [5.74, 6) is 0.235. The molecule has 0 radical (unpaired) electrons. The van der Waals surface area contributed by atoms with Gasteiger partial charge in [-0.25, -0.2) is 0 Å². The number of amides is 1. The van der Waals surface area contributed by atoms with Gasteiger partial charge in [-0.1, -0.05) is 0 Å². The third-order valence-electron chi connectivity index (χ3n) is 2.98. The van der Waals surface area contributed by atoms with Crippen LogP contribution in [0.4, 0.5) is 0 Å². The maximum absolute atomic E-state index is 11.0. The van der Waals surface area contributed by atoms with Crippen molar-refractivity contribution in [1.29, 1.82) is 0 Å². The molecule has 12 heavy (non-hydrogen) atoms. The van der Waals surface area contributed by atoms with Crippen LogP contribution in [-0.4, -0.2) is 35.5 Å². The molecule has 68 valence electrons. The fourth-order valence-electron chi connectivity index (χ4n) is 2.11. The summed E-state index contributed by atoms with van der Waals surface area (Å²) in [6.45, 7) is 6.50. The fraction of sp³-hybridized carbons (Fsp3) is 0.889. The lowest BCUT2D eigenvalue weighted by atomic mass is 9.87. The minimum atomic E-state index is 0.168. The lowest BCUT2D eigenvalue weighted by Crippen LogP contribution is -2.68. The largest absolute Gasteiger partial charge is 0.348 e. The van der Waals surface area contributed by atoms with Crippen LogP contribution in [0.1, 0.15) is 26.7 Å². The van der Waals surface area contributed by atoms with Gasteiger partial charge in [0.2, 0.25) is 5.91 Å². The van der Waals surface area contributed by atoms with Crippen LogP contribution >= 0.6 is 0 Å². The van der Waals surface area contributed by atoms with Crippen LogP contribution in [0.2, 0.25) is 0 Å². The molecule has 0 unspecified atom stereocenters. The van der Waals surface area contributed by atoms with E-state index in [0.29, 0.717) is 6.04 Å². The van der Waals surface area contributed by atoms with Gasteiger partial charge in [0.05, 0.1) is 5.54 Å². The predicted octanol–water partition coefficient (Wildman–Crippen LogP) is 0.359. The van der Waals surface area contributed by atoms with Crippen molar-refractivity contribution in [2.75, 3.05) is 13.1 Å². The highest BCUT2D eigenvalue weighted by molar-refractivity contribution is 5.79. The molecule has 2 saturated heterocycles. The summed E-state index contributed by atoms with van der Waals surface area (Å²) in [7, 11) is 0. The fourth-order valence-corrected chi connectivity index (χ4v) is 2.11. The molecule has 3 heteroatoms. The third kappa shape index (κ3) is 1.12. The predicted molar refractivity (Wildman–Crippen MR) is 46.8 cm³/mol. The summed E-state index contributed by atoms with van der Waals surface area (Å²) < 4.78 is 0. The van der Waals surface area contributed by atoms with E-state index in [0.717, 1.165) is 25.9 Å². The van der Waals surface area contributed by atoms with Gasteiger partial charge < -0.3 is 5.32 Å². The van der Waals surface area contributed by atoms with Gasteiger partial charge in [0.25, 0.3) is 0 Å². The second kappa shape index (κ2) is 2.46. The first-order chi connectivity index (χ1) is 5.61. The zero-order chi connectivity index (χ0) is 8.77. The van der Waals surface area contributed by atoms with E-state index in [4.69, 9.17) is 0 Å². The van der Waals surface area contributed by atoms with E-state index >= 15 is 0 Å². The molecule has 1 spiro atoms. The Morgan fingerprint density at radius 1 is 1.50 bits per heavy atom. The van der Waals surface area contributed by atoms with Gasteiger partial charge in [-0.2, -0.15) is 0 Å². The SMILES string of the molecule is CC(C)N1CC2(CCC(=O)N2)C1. The van der Waals surface area contributed by atoms with Crippen LogP contribution in [0.5, 0.6) is 0 Å². The van der Waals surface area contributed by atoms with E-state index in [2.05, 4.69) is 24.1 Å². The number of carbonyl (C=O) groups is 1. The molecule has 0 atom stereocenters. The molecule has 2 heterocycles. The van der Waals surface area contributed by atoms with Crippen molar-refractivity contribution in [2.24, 2.45) is 0 Å². The molecule has 0 aromatic carbocycles. The highest BCUT2D eigenvalue weighted by Crippen LogP contribution is 2.31. The van der Waals surface area contributed by atoms with Crippen molar-refractivity contribution >= 4 is 5.91 Å². The first-order valence-electron chi connectivity index (χ1n) is 4.66. The molecule has 0 bridgehead atoms. The molecule has 0 aromatic rings. The number of likely N-dealkylation sites (tertiary alicyclic amines) is 1. The molecule has 0 aromatic heterocycles. The Morgan fingerprint density at radius 2 is 2.17 bits per heavy atom. The Labute approximate surface area is 73.1 Å². The lowest BCUT2D eigenvalue weighted by Gasteiger charge is -2.50. The Kier molecular flexibility index (Phi) is 1.65. The second-order valence-electron chi connectivity index (χ2n) is 4.33. The quantitative estimate of drug-likeness (QED) is 0.613. The van der Waals surface area contributed by atoms with Crippen molar-refractivity contribution in [1.82, 2.24) is 10.2 Å². The van der Waals surface area contributed by atoms with Crippen LogP contribution in [0.25, 0.3) is 0 Å². The number of hydrogen-bond acceptors (Lipinski definition) is 2. The Bertz CT molecular complexity index is 207. The maximum atomic E-state index is 11.0. The van der Waals surface area contributed by atoms with E-state index in [1.54, 1.807) is 0 Å². The van der Waals surface area contributed by atoms with Crippen molar-refractivity contribution < 1.29 is 4.79 Å². The lowest BCUT2D eigenvalue weighted by molar-refractivity contribution is -0.121. The maximum Gasteiger partial charge on any atom is 0.220 e. The average molecular weight is 168 g/mol. The summed E-state index contributed by atoms with van der Waals surface area (Å²) in [4.78, 5) is 13.4. The highest BCUT2D eigenvalue weighted by Gasteiger charge is 2.47. The molecule has 1 amide bonds. The van der Waals surface area contributed by atoms with Gasteiger partial charge in [0.15, 0.2) is 0 Å². The van der Waals surface area contributed by atoms with Gasteiger partial charge in [-0.3, -0.25) is 9.69 Å². The van der Waals surface area contributed by atoms with E-state index < -0.39 is 0 Å². The van der Waals surface area contributed by atoms with Crippen LogP contribution in [-0.2, 0) is 4.79 Å². The van der Waals surface area contributed by atoms with Gasteiger partial charge in [0, 0.05) is 25.6 Å². The summed E-state index contributed by atoms with van der Waals surface area (Å²) >= 11 is 0. The zero-order valence-corrected chi connectivity index (χ0v) is 7.76. The summed E-state index contributed by atoms with van der Waals surface area (Å²) in [5.41, 5.74) is 0.168. The molecule has 2 fully saturated rings. The average Bonchev–Trinajstić information content (AvgIpc) is 2.27.